The lowest BCUT2D eigenvalue weighted by molar-refractivity contribution is -0.131. The molecule has 0 saturated carbocycles. The number of carbonyl (C=O) groups excluding carboxylic acids is 2. The van der Waals surface area contributed by atoms with Crippen LogP contribution in [-0.2, 0) is 4.79 Å². The van der Waals surface area contributed by atoms with Crippen LogP contribution in [0, 0.1) is 11.7 Å². The molecule has 2 amide bonds. The van der Waals surface area contributed by atoms with Crippen LogP contribution in [0.2, 0.25) is 0 Å². The van der Waals surface area contributed by atoms with Crippen LogP contribution in [0.1, 0.15) is 16.8 Å². The van der Waals surface area contributed by atoms with Gasteiger partial charge in [0.15, 0.2) is 0 Å². The number of amides is 2. The minimum atomic E-state index is -0.519. The van der Waals surface area contributed by atoms with Gasteiger partial charge in [-0.15, -0.1) is 11.8 Å². The smallest absolute Gasteiger partial charge is 0.254 e. The molecule has 0 spiro atoms. The Morgan fingerprint density at radius 3 is 2.96 bits per heavy atom. The molecule has 3 rings (SSSR count). The molecule has 2 aliphatic rings. The average Bonchev–Trinajstić information content (AvgIpc) is 3.24. The molecule has 2 fully saturated rings. The molecule has 7 heteroatoms. The van der Waals surface area contributed by atoms with Crippen LogP contribution >= 0.6 is 11.8 Å². The molecule has 23 heavy (non-hydrogen) atoms. The van der Waals surface area contributed by atoms with Crippen LogP contribution < -0.4 is 10.6 Å². The van der Waals surface area contributed by atoms with E-state index in [1.54, 1.807) is 23.9 Å². The number of halogens is 1. The zero-order chi connectivity index (χ0) is 16.2. The van der Waals surface area contributed by atoms with Crippen LogP contribution in [0.5, 0.6) is 0 Å². The van der Waals surface area contributed by atoms with Gasteiger partial charge >= 0.3 is 0 Å². The topological polar surface area (TPSA) is 61.4 Å². The summed E-state index contributed by atoms with van der Waals surface area (Å²) in [6, 6.07) is 5.77. The van der Waals surface area contributed by atoms with Gasteiger partial charge in [0.05, 0.1) is 17.5 Å². The third-order valence-corrected chi connectivity index (χ3v) is 5.22. The lowest BCUT2D eigenvalue weighted by atomic mass is 10.0. The summed E-state index contributed by atoms with van der Waals surface area (Å²) in [6.07, 6.45) is 0.706. The van der Waals surface area contributed by atoms with E-state index in [1.807, 2.05) is 4.90 Å². The van der Waals surface area contributed by atoms with Gasteiger partial charge in [0.2, 0.25) is 5.91 Å². The average molecular weight is 337 g/mol. The van der Waals surface area contributed by atoms with Crippen molar-refractivity contribution in [3.05, 3.63) is 35.6 Å². The Morgan fingerprint density at radius 1 is 1.39 bits per heavy atom. The van der Waals surface area contributed by atoms with Crippen LogP contribution in [0.15, 0.2) is 24.3 Å². The zero-order valence-corrected chi connectivity index (χ0v) is 13.6. The molecular formula is C16H20FN3O2S. The van der Waals surface area contributed by atoms with Gasteiger partial charge < -0.3 is 15.5 Å². The summed E-state index contributed by atoms with van der Waals surface area (Å²) in [5.74, 6) is 1.18. The van der Waals surface area contributed by atoms with Gasteiger partial charge in [0, 0.05) is 25.4 Å². The highest BCUT2D eigenvalue weighted by atomic mass is 32.2. The number of hydrogen-bond acceptors (Lipinski definition) is 4. The fourth-order valence-corrected chi connectivity index (χ4v) is 3.89. The van der Waals surface area contributed by atoms with Crippen molar-refractivity contribution in [1.82, 2.24) is 15.5 Å². The first-order valence-electron chi connectivity index (χ1n) is 7.78. The number of rotatable bonds is 4. The van der Waals surface area contributed by atoms with Crippen molar-refractivity contribution in [3.63, 3.8) is 0 Å². The summed E-state index contributed by atoms with van der Waals surface area (Å²) in [5, 5.41) is 6.00. The fourth-order valence-electron chi connectivity index (χ4n) is 2.94. The fraction of sp³-hybridized carbons (Fsp3) is 0.500. The second-order valence-corrected chi connectivity index (χ2v) is 6.97. The predicted molar refractivity (Wildman–Crippen MR) is 87.7 cm³/mol. The maximum atomic E-state index is 13.6. The highest BCUT2D eigenvalue weighted by Gasteiger charge is 2.33. The predicted octanol–water partition coefficient (Wildman–Crippen LogP) is 1.07. The summed E-state index contributed by atoms with van der Waals surface area (Å²) in [5.41, 5.74) is 0.0557. The van der Waals surface area contributed by atoms with Gasteiger partial charge in [-0.2, -0.15) is 0 Å². The molecular weight excluding hydrogens is 317 g/mol. The molecule has 2 N–H and O–H groups in total. The molecule has 0 aliphatic carbocycles. The van der Waals surface area contributed by atoms with Crippen molar-refractivity contribution in [2.24, 2.45) is 5.92 Å². The molecule has 124 valence electrons. The highest BCUT2D eigenvalue weighted by molar-refractivity contribution is 7.99. The first kappa shape index (κ1) is 16.3. The van der Waals surface area contributed by atoms with Crippen molar-refractivity contribution >= 4 is 23.6 Å². The van der Waals surface area contributed by atoms with Crippen LogP contribution in [0.25, 0.3) is 0 Å². The van der Waals surface area contributed by atoms with Crippen molar-refractivity contribution in [1.29, 1.82) is 0 Å². The number of hydrogen-bond donors (Lipinski definition) is 2. The molecule has 2 saturated heterocycles. The van der Waals surface area contributed by atoms with E-state index in [4.69, 9.17) is 0 Å². The maximum Gasteiger partial charge on any atom is 0.254 e. The number of thioether (sulfide) groups is 1. The molecule has 0 radical (unpaired) electrons. The van der Waals surface area contributed by atoms with Crippen molar-refractivity contribution in [2.75, 3.05) is 31.3 Å². The Labute approximate surface area is 139 Å². The van der Waals surface area contributed by atoms with E-state index in [1.165, 1.54) is 12.1 Å². The van der Waals surface area contributed by atoms with E-state index in [-0.39, 0.29) is 23.4 Å². The summed E-state index contributed by atoms with van der Waals surface area (Å²) in [6.45, 7) is 1.95. The summed E-state index contributed by atoms with van der Waals surface area (Å²) >= 11 is 1.77. The van der Waals surface area contributed by atoms with Gasteiger partial charge in [-0.25, -0.2) is 4.39 Å². The van der Waals surface area contributed by atoms with E-state index in [0.717, 1.165) is 18.2 Å². The Hall–Kier alpha value is -1.60. The standard InChI is InChI=1S/C16H20FN3O2S/c17-13-4-2-1-3-12(13)15(21)19-9-11-7-14(18-8-11)16(22)20-5-6-23-10-20/h1-4,11,14,18H,5-10H2,(H,19,21)/t11-,14-/m0/s1. The first-order chi connectivity index (χ1) is 11.1. The second kappa shape index (κ2) is 7.31. The zero-order valence-electron chi connectivity index (χ0n) is 12.8. The third kappa shape index (κ3) is 3.84. The van der Waals surface area contributed by atoms with Crippen molar-refractivity contribution in [3.8, 4) is 0 Å². The third-order valence-electron chi connectivity index (χ3n) is 4.25. The Kier molecular flexibility index (Phi) is 5.17. The van der Waals surface area contributed by atoms with Crippen LogP contribution in [-0.4, -0.2) is 54.0 Å². The van der Waals surface area contributed by atoms with Gasteiger partial charge in [-0.1, -0.05) is 12.1 Å². The second-order valence-electron chi connectivity index (χ2n) is 5.89. The number of nitrogens with one attached hydrogen (secondary N) is 2. The lowest BCUT2D eigenvalue weighted by Gasteiger charge is -2.19. The van der Waals surface area contributed by atoms with Crippen LogP contribution in [0.4, 0.5) is 4.39 Å². The number of nitrogens with zero attached hydrogens (tertiary/aromatic N) is 1. The molecule has 1 aromatic carbocycles. The molecule has 1 aromatic rings. The van der Waals surface area contributed by atoms with Gasteiger partial charge in [-0.05, 0) is 24.5 Å². The highest BCUT2D eigenvalue weighted by Crippen LogP contribution is 2.20. The number of carbonyl (C=O) groups is 2. The summed E-state index contributed by atoms with van der Waals surface area (Å²) in [7, 11) is 0. The Morgan fingerprint density at radius 2 is 2.22 bits per heavy atom. The minimum Gasteiger partial charge on any atom is -0.352 e. The van der Waals surface area contributed by atoms with E-state index >= 15 is 0 Å². The summed E-state index contributed by atoms with van der Waals surface area (Å²) < 4.78 is 13.6. The SMILES string of the molecule is O=C(NC[C@@H]1CN[C@H](C(=O)N2CCSC2)C1)c1ccccc1F. The normalized spacial score (nSPS) is 24.0. The summed E-state index contributed by atoms with van der Waals surface area (Å²) in [4.78, 5) is 26.2. The van der Waals surface area contributed by atoms with Gasteiger partial charge in [0.1, 0.15) is 5.82 Å². The first-order valence-corrected chi connectivity index (χ1v) is 8.93. The molecule has 0 bridgehead atoms. The lowest BCUT2D eigenvalue weighted by Crippen LogP contribution is -2.42. The molecule has 2 atom stereocenters. The van der Waals surface area contributed by atoms with E-state index in [9.17, 15) is 14.0 Å². The van der Waals surface area contributed by atoms with E-state index in [2.05, 4.69) is 10.6 Å². The molecule has 0 unspecified atom stereocenters. The Balaban J connectivity index is 1.47. The van der Waals surface area contributed by atoms with Crippen LogP contribution in [0.3, 0.4) is 0 Å². The van der Waals surface area contributed by atoms with E-state index in [0.29, 0.717) is 19.5 Å². The van der Waals surface area contributed by atoms with Gasteiger partial charge in [-0.3, -0.25) is 9.59 Å². The molecule has 5 nitrogen and oxygen atoms in total. The van der Waals surface area contributed by atoms with E-state index < -0.39 is 11.7 Å². The van der Waals surface area contributed by atoms with Gasteiger partial charge in [0.25, 0.3) is 5.91 Å². The largest absolute Gasteiger partial charge is 0.352 e. The van der Waals surface area contributed by atoms with Crippen molar-refractivity contribution in [2.45, 2.75) is 12.5 Å². The molecule has 0 aromatic heterocycles. The van der Waals surface area contributed by atoms with Crippen molar-refractivity contribution < 1.29 is 14.0 Å². The monoisotopic (exact) mass is 337 g/mol. The Bertz CT molecular complexity index is 592. The quantitative estimate of drug-likeness (QED) is 0.863. The maximum absolute atomic E-state index is 13.6. The minimum absolute atomic E-state index is 0.0557. The molecule has 2 heterocycles. The number of benzene rings is 1. The molecule has 2 aliphatic heterocycles.